The van der Waals surface area contributed by atoms with Crippen LogP contribution in [-0.4, -0.2) is 26.6 Å². The summed E-state index contributed by atoms with van der Waals surface area (Å²) in [6, 6.07) is 8.15. The van der Waals surface area contributed by atoms with Gasteiger partial charge in [0.1, 0.15) is 0 Å². The molecule has 3 aromatic rings. The molecule has 0 bridgehead atoms. The van der Waals surface area contributed by atoms with Crippen LogP contribution >= 0.6 is 0 Å². The van der Waals surface area contributed by atoms with Crippen LogP contribution in [0.1, 0.15) is 51.7 Å². The van der Waals surface area contributed by atoms with Gasteiger partial charge in [0.15, 0.2) is 5.82 Å². The average molecular weight is 417 g/mol. The molecule has 0 aliphatic carbocycles. The topological polar surface area (TPSA) is 103 Å². The molecule has 0 aliphatic rings. The van der Waals surface area contributed by atoms with E-state index in [1.165, 1.54) is 41.2 Å². The van der Waals surface area contributed by atoms with E-state index in [0.717, 1.165) is 12.3 Å². The molecule has 7 nitrogen and oxygen atoms in total. The lowest BCUT2D eigenvalue weighted by Crippen LogP contribution is -2.16. The van der Waals surface area contributed by atoms with Gasteiger partial charge in [0, 0.05) is 17.4 Å². The number of aromatic nitrogens is 3. The third kappa shape index (κ3) is 4.32. The van der Waals surface area contributed by atoms with E-state index in [1.807, 2.05) is 13.8 Å². The zero-order valence-electron chi connectivity index (χ0n) is 16.1. The molecule has 3 N–H and O–H groups in total. The van der Waals surface area contributed by atoms with E-state index < -0.39 is 23.6 Å². The minimum absolute atomic E-state index is 0.163. The number of nitrogens with one attached hydrogen (secondary N) is 1. The Kier molecular flexibility index (Phi) is 5.59. The van der Waals surface area contributed by atoms with Crippen LogP contribution in [0, 0.1) is 0 Å². The molecule has 0 unspecified atom stereocenters. The zero-order chi connectivity index (χ0) is 22.1. The van der Waals surface area contributed by atoms with Crippen LogP contribution in [-0.2, 0) is 6.18 Å². The van der Waals surface area contributed by atoms with E-state index in [1.54, 1.807) is 0 Å². The van der Waals surface area contributed by atoms with Crippen molar-refractivity contribution in [2.75, 3.05) is 5.32 Å². The Morgan fingerprint density at radius 2 is 1.73 bits per heavy atom. The summed E-state index contributed by atoms with van der Waals surface area (Å²) in [5.74, 6) is -1.05. The van der Waals surface area contributed by atoms with Gasteiger partial charge in [-0.25, -0.2) is 9.67 Å². The highest BCUT2D eigenvalue weighted by Gasteiger charge is 2.31. The lowest BCUT2D eigenvalue weighted by molar-refractivity contribution is -0.137. The van der Waals surface area contributed by atoms with Gasteiger partial charge in [-0.3, -0.25) is 9.59 Å². The second kappa shape index (κ2) is 7.97. The van der Waals surface area contributed by atoms with Crippen molar-refractivity contribution in [3.63, 3.8) is 0 Å². The van der Waals surface area contributed by atoms with E-state index in [2.05, 4.69) is 15.4 Å². The summed E-state index contributed by atoms with van der Waals surface area (Å²) < 4.78 is 39.7. The molecule has 0 spiro atoms. The Labute approximate surface area is 169 Å². The number of alkyl halides is 3. The van der Waals surface area contributed by atoms with Crippen LogP contribution in [0.25, 0.3) is 5.82 Å². The van der Waals surface area contributed by atoms with Crippen LogP contribution in [0.5, 0.6) is 0 Å². The quantitative estimate of drug-likeness (QED) is 0.660. The molecule has 2 aromatic heterocycles. The second-order valence-electron chi connectivity index (χ2n) is 6.81. The first-order valence-electron chi connectivity index (χ1n) is 8.90. The summed E-state index contributed by atoms with van der Waals surface area (Å²) in [6.07, 6.45) is -2.44. The maximum absolute atomic E-state index is 12.8. The lowest BCUT2D eigenvalue weighted by atomic mass is 10.1. The van der Waals surface area contributed by atoms with Gasteiger partial charge in [-0.05, 0) is 42.3 Å². The van der Waals surface area contributed by atoms with Crippen LogP contribution < -0.4 is 11.1 Å². The highest BCUT2D eigenvalue weighted by molar-refractivity contribution is 6.05. The fourth-order valence-electron chi connectivity index (χ4n) is 2.87. The number of primary amides is 1. The third-order valence-electron chi connectivity index (χ3n) is 4.32. The van der Waals surface area contributed by atoms with Gasteiger partial charge in [0.05, 0.1) is 23.0 Å². The Morgan fingerprint density at radius 3 is 2.23 bits per heavy atom. The van der Waals surface area contributed by atoms with Gasteiger partial charge in [0.25, 0.3) is 5.91 Å². The fraction of sp³-hybridized carbons (Fsp3) is 0.200. The summed E-state index contributed by atoms with van der Waals surface area (Å²) in [6.45, 7) is 3.66. The molecule has 156 valence electrons. The average Bonchev–Trinajstić information content (AvgIpc) is 3.13. The highest BCUT2D eigenvalue weighted by atomic mass is 19.4. The van der Waals surface area contributed by atoms with E-state index in [-0.39, 0.29) is 17.3 Å². The van der Waals surface area contributed by atoms with Gasteiger partial charge < -0.3 is 11.1 Å². The number of carbonyl (C=O) groups is 2. The Morgan fingerprint density at radius 1 is 1.07 bits per heavy atom. The number of halogens is 3. The van der Waals surface area contributed by atoms with Crippen molar-refractivity contribution in [1.29, 1.82) is 0 Å². The first-order valence-corrected chi connectivity index (χ1v) is 8.90. The Balaban J connectivity index is 1.90. The number of hydrogen-bond donors (Lipinski definition) is 2. The van der Waals surface area contributed by atoms with Crippen molar-refractivity contribution in [2.45, 2.75) is 25.9 Å². The van der Waals surface area contributed by atoms with Crippen molar-refractivity contribution in [3.8, 4) is 5.82 Å². The van der Waals surface area contributed by atoms with Gasteiger partial charge in [-0.15, -0.1) is 0 Å². The Bertz CT molecular complexity index is 1070. The smallest absolute Gasteiger partial charge is 0.366 e. The summed E-state index contributed by atoms with van der Waals surface area (Å²) in [4.78, 5) is 27.8. The molecular formula is C20H18F3N5O2. The molecule has 3 rings (SSSR count). The van der Waals surface area contributed by atoms with Gasteiger partial charge in [0.2, 0.25) is 5.91 Å². The number of nitrogens with zero attached hydrogens (tertiary/aromatic N) is 3. The van der Waals surface area contributed by atoms with Crippen LogP contribution in [0.15, 0.2) is 48.8 Å². The van der Waals surface area contributed by atoms with Crippen molar-refractivity contribution < 1.29 is 22.8 Å². The lowest BCUT2D eigenvalue weighted by Gasteiger charge is -2.13. The number of benzene rings is 1. The van der Waals surface area contributed by atoms with E-state index in [9.17, 15) is 22.8 Å². The van der Waals surface area contributed by atoms with E-state index in [0.29, 0.717) is 16.9 Å². The molecule has 0 atom stereocenters. The minimum atomic E-state index is -4.49. The minimum Gasteiger partial charge on any atom is -0.366 e. The summed E-state index contributed by atoms with van der Waals surface area (Å²) in [5, 5.41) is 6.85. The van der Waals surface area contributed by atoms with Crippen LogP contribution in [0.4, 0.5) is 18.9 Å². The van der Waals surface area contributed by atoms with Gasteiger partial charge >= 0.3 is 6.18 Å². The van der Waals surface area contributed by atoms with Crippen molar-refractivity contribution in [3.05, 3.63) is 71.2 Å². The highest BCUT2D eigenvalue weighted by Crippen LogP contribution is 2.29. The molecule has 10 heteroatoms. The van der Waals surface area contributed by atoms with Crippen molar-refractivity contribution in [1.82, 2.24) is 14.8 Å². The molecule has 0 saturated carbocycles. The fourth-order valence-corrected chi connectivity index (χ4v) is 2.87. The third-order valence-corrected chi connectivity index (χ3v) is 4.32. The van der Waals surface area contributed by atoms with E-state index >= 15 is 0 Å². The normalized spacial score (nSPS) is 11.5. The molecular weight excluding hydrogens is 399 g/mol. The predicted octanol–water partition coefficient (Wildman–Crippen LogP) is 3.76. The monoisotopic (exact) mass is 417 g/mol. The van der Waals surface area contributed by atoms with Crippen molar-refractivity contribution in [2.24, 2.45) is 5.73 Å². The molecule has 0 saturated heterocycles. The number of nitrogens with two attached hydrogens (primary N) is 1. The Hall–Kier alpha value is -3.69. The van der Waals surface area contributed by atoms with Crippen LogP contribution in [0.2, 0.25) is 0 Å². The number of rotatable bonds is 5. The molecule has 1 aromatic carbocycles. The zero-order valence-corrected chi connectivity index (χ0v) is 16.1. The number of amides is 2. The second-order valence-corrected chi connectivity index (χ2v) is 6.81. The first-order chi connectivity index (χ1) is 14.1. The standard InChI is InChI=1S/C20H18F3N5O2/c1-11(2)17-15(19(30)27-14-6-3-12(4-7-14)18(24)29)10-26-28(17)16-8-5-13(9-25-16)20(21,22)23/h3-11H,1-2H3,(H2,24,29)(H,27,30). The van der Waals surface area contributed by atoms with Crippen LogP contribution in [0.3, 0.4) is 0 Å². The molecule has 0 fully saturated rings. The summed E-state index contributed by atoms with van der Waals surface area (Å²) in [5.41, 5.74) is 5.82. The predicted molar refractivity (Wildman–Crippen MR) is 103 cm³/mol. The van der Waals surface area contributed by atoms with Gasteiger partial charge in [-0.2, -0.15) is 18.3 Å². The molecule has 2 heterocycles. The number of pyridine rings is 1. The number of anilines is 1. The largest absolute Gasteiger partial charge is 0.417 e. The molecule has 30 heavy (non-hydrogen) atoms. The maximum atomic E-state index is 12.8. The molecule has 0 radical (unpaired) electrons. The maximum Gasteiger partial charge on any atom is 0.417 e. The van der Waals surface area contributed by atoms with Gasteiger partial charge in [-0.1, -0.05) is 13.8 Å². The number of hydrogen-bond acceptors (Lipinski definition) is 4. The molecule has 0 aliphatic heterocycles. The first kappa shape index (κ1) is 21.0. The summed E-state index contributed by atoms with van der Waals surface area (Å²) in [7, 11) is 0. The number of carbonyl (C=O) groups excluding carboxylic acids is 2. The SMILES string of the molecule is CC(C)c1c(C(=O)Nc2ccc(C(N)=O)cc2)cnn1-c1ccc(C(F)(F)F)cn1. The van der Waals surface area contributed by atoms with Crippen molar-refractivity contribution >= 4 is 17.5 Å². The molecule has 2 amide bonds. The summed E-state index contributed by atoms with van der Waals surface area (Å²) >= 11 is 0. The van der Waals surface area contributed by atoms with E-state index in [4.69, 9.17) is 5.73 Å².